The Bertz CT molecular complexity index is 387. The molecule has 2 rings (SSSR count). The molecule has 98 valence electrons. The molecule has 0 heterocycles. The van der Waals surface area contributed by atoms with Gasteiger partial charge in [-0.3, -0.25) is 4.79 Å². The quantitative estimate of drug-likeness (QED) is 0.743. The predicted octanol–water partition coefficient (Wildman–Crippen LogP) is 3.20. The Kier molecular flexibility index (Phi) is 4.93. The number of hydrogen-bond acceptors (Lipinski definition) is 3. The molecule has 1 aliphatic carbocycles. The first kappa shape index (κ1) is 13.3. The number of thioether (sulfide) groups is 1. The van der Waals surface area contributed by atoms with Crippen molar-refractivity contribution in [1.29, 1.82) is 0 Å². The molecule has 1 aromatic rings. The molecule has 18 heavy (non-hydrogen) atoms. The zero-order valence-corrected chi connectivity index (χ0v) is 11.6. The van der Waals surface area contributed by atoms with Gasteiger partial charge in [-0.15, -0.1) is 0 Å². The summed E-state index contributed by atoms with van der Waals surface area (Å²) in [6.07, 6.45) is 5.38. The molecule has 0 aromatic heterocycles. The third-order valence-electron chi connectivity index (χ3n) is 2.95. The van der Waals surface area contributed by atoms with Gasteiger partial charge in [-0.25, -0.2) is 0 Å². The first-order chi connectivity index (χ1) is 8.79. The number of amides is 1. The lowest BCUT2D eigenvalue weighted by Gasteiger charge is -2.08. The van der Waals surface area contributed by atoms with E-state index in [2.05, 4.69) is 16.9 Å². The van der Waals surface area contributed by atoms with Crippen molar-refractivity contribution in [2.45, 2.75) is 19.3 Å². The molecule has 0 aliphatic heterocycles. The fraction of sp³-hybridized carbons (Fsp3) is 0.500. The van der Waals surface area contributed by atoms with Crippen LogP contribution in [0.1, 0.15) is 19.3 Å². The molecule has 0 atom stereocenters. The Hall–Kier alpha value is -1.16. The Morgan fingerprint density at radius 2 is 1.94 bits per heavy atom. The zero-order chi connectivity index (χ0) is 12.8. The maximum atomic E-state index is 11.6. The topological polar surface area (TPSA) is 41.1 Å². The van der Waals surface area contributed by atoms with Crippen molar-refractivity contribution in [3.8, 4) is 0 Å². The first-order valence-electron chi connectivity index (χ1n) is 6.43. The minimum atomic E-state index is 0.163. The van der Waals surface area contributed by atoms with Crippen LogP contribution in [-0.4, -0.2) is 24.5 Å². The highest BCUT2D eigenvalue weighted by atomic mass is 32.2. The minimum absolute atomic E-state index is 0.163. The molecule has 0 bridgehead atoms. The highest BCUT2D eigenvalue weighted by Gasteiger charge is 2.29. The van der Waals surface area contributed by atoms with Crippen LogP contribution in [0.5, 0.6) is 0 Å². The van der Waals surface area contributed by atoms with E-state index in [9.17, 15) is 4.79 Å². The molecule has 1 amide bonds. The highest BCUT2D eigenvalue weighted by molar-refractivity contribution is 7.98. The number of carbonyl (C=O) groups excluding carboxylic acids is 1. The van der Waals surface area contributed by atoms with Crippen LogP contribution in [0.15, 0.2) is 24.3 Å². The molecule has 2 N–H and O–H groups in total. The smallest absolute Gasteiger partial charge is 0.227 e. The molecule has 0 spiro atoms. The third-order valence-corrected chi connectivity index (χ3v) is 3.65. The van der Waals surface area contributed by atoms with E-state index in [0.29, 0.717) is 0 Å². The molecule has 1 aliphatic rings. The lowest BCUT2D eigenvalue weighted by molar-refractivity contribution is -0.117. The lowest BCUT2D eigenvalue weighted by Crippen LogP contribution is -2.13. The van der Waals surface area contributed by atoms with E-state index in [0.717, 1.165) is 30.8 Å². The Morgan fingerprint density at radius 1 is 1.28 bits per heavy atom. The van der Waals surface area contributed by atoms with Crippen molar-refractivity contribution >= 4 is 29.0 Å². The maximum absolute atomic E-state index is 11.6. The van der Waals surface area contributed by atoms with Crippen molar-refractivity contribution < 1.29 is 4.79 Å². The lowest BCUT2D eigenvalue weighted by atomic mass is 10.2. The summed E-state index contributed by atoms with van der Waals surface area (Å²) in [5.74, 6) is 1.60. The van der Waals surface area contributed by atoms with Gasteiger partial charge >= 0.3 is 0 Å². The van der Waals surface area contributed by atoms with Gasteiger partial charge in [0.2, 0.25) is 5.91 Å². The summed E-state index contributed by atoms with van der Waals surface area (Å²) in [6.45, 7) is 0.995. The fourth-order valence-electron chi connectivity index (χ4n) is 1.71. The van der Waals surface area contributed by atoms with Gasteiger partial charge in [-0.2, -0.15) is 11.8 Å². The number of hydrogen-bond donors (Lipinski definition) is 2. The molecule has 1 saturated carbocycles. The zero-order valence-electron chi connectivity index (χ0n) is 10.7. The van der Waals surface area contributed by atoms with E-state index in [4.69, 9.17) is 0 Å². The molecule has 1 aromatic carbocycles. The van der Waals surface area contributed by atoms with Crippen LogP contribution in [0.4, 0.5) is 11.4 Å². The fourth-order valence-corrected chi connectivity index (χ4v) is 2.14. The van der Waals surface area contributed by atoms with Gasteiger partial charge in [0.05, 0.1) is 0 Å². The molecule has 0 unspecified atom stereocenters. The summed E-state index contributed by atoms with van der Waals surface area (Å²) < 4.78 is 0. The van der Waals surface area contributed by atoms with Crippen molar-refractivity contribution in [3.63, 3.8) is 0 Å². The second-order valence-corrected chi connectivity index (χ2v) is 5.60. The van der Waals surface area contributed by atoms with Crippen molar-refractivity contribution in [3.05, 3.63) is 24.3 Å². The molecule has 0 radical (unpaired) electrons. The molecule has 4 heteroatoms. The molecule has 1 fully saturated rings. The normalized spacial score (nSPS) is 14.3. The highest BCUT2D eigenvalue weighted by Crippen LogP contribution is 2.30. The van der Waals surface area contributed by atoms with Gasteiger partial charge in [0, 0.05) is 23.8 Å². The minimum Gasteiger partial charge on any atom is -0.385 e. The van der Waals surface area contributed by atoms with Gasteiger partial charge in [-0.1, -0.05) is 0 Å². The van der Waals surface area contributed by atoms with Gasteiger partial charge in [0.15, 0.2) is 0 Å². The summed E-state index contributed by atoms with van der Waals surface area (Å²) in [7, 11) is 0. The summed E-state index contributed by atoms with van der Waals surface area (Å²) in [4.78, 5) is 11.6. The molecular weight excluding hydrogens is 244 g/mol. The molecular formula is C14H20N2OS. The summed E-state index contributed by atoms with van der Waals surface area (Å²) in [6, 6.07) is 7.94. The van der Waals surface area contributed by atoms with E-state index >= 15 is 0 Å². The van der Waals surface area contributed by atoms with Crippen LogP contribution in [0.3, 0.4) is 0 Å². The molecule has 0 saturated heterocycles. The number of rotatable bonds is 7. The van der Waals surface area contributed by atoms with Crippen LogP contribution < -0.4 is 10.6 Å². The predicted molar refractivity (Wildman–Crippen MR) is 79.3 cm³/mol. The number of anilines is 2. The van der Waals surface area contributed by atoms with E-state index in [1.807, 2.05) is 36.0 Å². The van der Waals surface area contributed by atoms with Crippen LogP contribution in [0.25, 0.3) is 0 Å². The average molecular weight is 264 g/mol. The SMILES string of the molecule is CSCCCNc1ccc(NC(=O)C2CC2)cc1. The summed E-state index contributed by atoms with van der Waals surface area (Å²) >= 11 is 1.87. The maximum Gasteiger partial charge on any atom is 0.227 e. The Morgan fingerprint density at radius 3 is 2.56 bits per heavy atom. The third kappa shape index (κ3) is 4.26. The van der Waals surface area contributed by atoms with E-state index in [-0.39, 0.29) is 11.8 Å². The monoisotopic (exact) mass is 264 g/mol. The molecule has 3 nitrogen and oxygen atoms in total. The van der Waals surface area contributed by atoms with Gasteiger partial charge < -0.3 is 10.6 Å². The number of carbonyl (C=O) groups is 1. The van der Waals surface area contributed by atoms with Crippen molar-refractivity contribution in [2.75, 3.05) is 29.2 Å². The largest absolute Gasteiger partial charge is 0.385 e. The first-order valence-corrected chi connectivity index (χ1v) is 7.82. The summed E-state index contributed by atoms with van der Waals surface area (Å²) in [5, 5.41) is 6.31. The van der Waals surface area contributed by atoms with Crippen LogP contribution in [-0.2, 0) is 4.79 Å². The van der Waals surface area contributed by atoms with Gasteiger partial charge in [0.1, 0.15) is 0 Å². The van der Waals surface area contributed by atoms with Crippen molar-refractivity contribution in [1.82, 2.24) is 0 Å². The summed E-state index contributed by atoms with van der Waals surface area (Å²) in [5.41, 5.74) is 2.00. The second-order valence-electron chi connectivity index (χ2n) is 4.61. The van der Waals surface area contributed by atoms with Crippen LogP contribution >= 0.6 is 11.8 Å². The number of benzene rings is 1. The van der Waals surface area contributed by atoms with Crippen molar-refractivity contribution in [2.24, 2.45) is 5.92 Å². The van der Waals surface area contributed by atoms with E-state index < -0.39 is 0 Å². The van der Waals surface area contributed by atoms with Gasteiger partial charge in [0.25, 0.3) is 0 Å². The average Bonchev–Trinajstić information content (AvgIpc) is 3.21. The van der Waals surface area contributed by atoms with Crippen LogP contribution in [0.2, 0.25) is 0 Å². The van der Waals surface area contributed by atoms with Gasteiger partial charge in [-0.05, 0) is 55.5 Å². The van der Waals surface area contributed by atoms with Crippen LogP contribution in [0, 0.1) is 5.92 Å². The standard InChI is InChI=1S/C14H20N2OS/c1-18-10-2-9-15-12-5-7-13(8-6-12)16-14(17)11-3-4-11/h5-8,11,15H,2-4,9-10H2,1H3,(H,16,17). The number of nitrogens with one attached hydrogen (secondary N) is 2. The Balaban J connectivity index is 1.75. The van der Waals surface area contributed by atoms with E-state index in [1.54, 1.807) is 0 Å². The Labute approximate surface area is 113 Å². The van der Waals surface area contributed by atoms with E-state index in [1.165, 1.54) is 12.2 Å². The second kappa shape index (κ2) is 6.69.